The summed E-state index contributed by atoms with van der Waals surface area (Å²) in [5, 5.41) is 6.60. The maximum Gasteiger partial charge on any atom is 0.0218 e. The Hall–Kier alpha value is -0.0800. The van der Waals surface area contributed by atoms with E-state index < -0.39 is 0 Å². The lowest BCUT2D eigenvalue weighted by Gasteiger charge is -2.17. The van der Waals surface area contributed by atoms with Crippen molar-refractivity contribution in [3.63, 3.8) is 0 Å². The van der Waals surface area contributed by atoms with E-state index in [1.165, 1.54) is 19.3 Å². The molecule has 2 unspecified atom stereocenters. The highest BCUT2D eigenvalue weighted by atomic mass is 15.0. The molecular weight excluding hydrogens is 112 g/mol. The molecule has 9 heavy (non-hydrogen) atoms. The minimum absolute atomic E-state index is 0.718. The van der Waals surface area contributed by atoms with Crippen LogP contribution in [0.2, 0.25) is 0 Å². The second-order valence-corrected chi connectivity index (χ2v) is 2.72. The van der Waals surface area contributed by atoms with Crippen LogP contribution in [0.3, 0.4) is 0 Å². The Kier molecular flexibility index (Phi) is 2.49. The predicted molar refractivity (Wildman–Crippen MR) is 39.5 cm³/mol. The van der Waals surface area contributed by atoms with Gasteiger partial charge < -0.3 is 10.6 Å². The van der Waals surface area contributed by atoms with Crippen LogP contribution in [0.25, 0.3) is 0 Å². The molecular formula is C7H16N2. The average molecular weight is 128 g/mol. The zero-order valence-corrected chi connectivity index (χ0v) is 6.28. The standard InChI is InChI=1S/C7H16N2/c1-8-6-4-3-5-7(6)9-2/h6-9H,3-5H2,1-2H3. The van der Waals surface area contributed by atoms with Gasteiger partial charge in [0.25, 0.3) is 0 Å². The van der Waals surface area contributed by atoms with Crippen molar-refractivity contribution < 1.29 is 0 Å². The molecule has 1 rings (SSSR count). The lowest BCUT2D eigenvalue weighted by molar-refractivity contribution is 0.460. The summed E-state index contributed by atoms with van der Waals surface area (Å²) in [5.74, 6) is 0. The van der Waals surface area contributed by atoms with Gasteiger partial charge in [0, 0.05) is 12.1 Å². The van der Waals surface area contributed by atoms with Gasteiger partial charge in [0.2, 0.25) is 0 Å². The molecule has 1 aliphatic rings. The Morgan fingerprint density at radius 3 is 1.78 bits per heavy atom. The normalized spacial score (nSPS) is 35.3. The number of likely N-dealkylation sites (N-methyl/N-ethyl adjacent to an activating group) is 2. The largest absolute Gasteiger partial charge is 0.315 e. The fourth-order valence-corrected chi connectivity index (χ4v) is 1.65. The summed E-state index contributed by atoms with van der Waals surface area (Å²) in [7, 11) is 4.08. The van der Waals surface area contributed by atoms with Crippen molar-refractivity contribution in [2.24, 2.45) is 0 Å². The summed E-state index contributed by atoms with van der Waals surface area (Å²) in [6.45, 7) is 0. The van der Waals surface area contributed by atoms with Crippen LogP contribution < -0.4 is 10.6 Å². The minimum atomic E-state index is 0.718. The van der Waals surface area contributed by atoms with Gasteiger partial charge in [0.1, 0.15) is 0 Å². The first-order chi connectivity index (χ1) is 4.38. The minimum Gasteiger partial charge on any atom is -0.315 e. The van der Waals surface area contributed by atoms with Gasteiger partial charge in [0.15, 0.2) is 0 Å². The van der Waals surface area contributed by atoms with Crippen molar-refractivity contribution in [1.29, 1.82) is 0 Å². The zero-order chi connectivity index (χ0) is 6.69. The van der Waals surface area contributed by atoms with Crippen molar-refractivity contribution in [1.82, 2.24) is 10.6 Å². The van der Waals surface area contributed by atoms with E-state index in [2.05, 4.69) is 10.6 Å². The Morgan fingerprint density at radius 2 is 1.44 bits per heavy atom. The number of nitrogens with one attached hydrogen (secondary N) is 2. The van der Waals surface area contributed by atoms with Crippen LogP contribution in [0.1, 0.15) is 19.3 Å². The highest BCUT2D eigenvalue weighted by Crippen LogP contribution is 2.17. The van der Waals surface area contributed by atoms with Gasteiger partial charge in [-0.15, -0.1) is 0 Å². The molecule has 1 saturated carbocycles. The molecule has 0 spiro atoms. The van der Waals surface area contributed by atoms with Crippen LogP contribution in [0.5, 0.6) is 0 Å². The van der Waals surface area contributed by atoms with Crippen molar-refractivity contribution in [2.45, 2.75) is 31.3 Å². The van der Waals surface area contributed by atoms with Crippen LogP contribution in [-0.2, 0) is 0 Å². The Labute approximate surface area is 57.0 Å². The van der Waals surface area contributed by atoms with E-state index in [1.54, 1.807) is 0 Å². The van der Waals surface area contributed by atoms with Gasteiger partial charge in [0.05, 0.1) is 0 Å². The van der Waals surface area contributed by atoms with E-state index >= 15 is 0 Å². The molecule has 0 radical (unpaired) electrons. The third-order valence-corrected chi connectivity index (χ3v) is 2.26. The second-order valence-electron chi connectivity index (χ2n) is 2.72. The lowest BCUT2D eigenvalue weighted by atomic mass is 10.2. The van der Waals surface area contributed by atoms with E-state index in [0.29, 0.717) is 0 Å². The number of hydrogen-bond acceptors (Lipinski definition) is 2. The third kappa shape index (κ3) is 1.43. The third-order valence-electron chi connectivity index (χ3n) is 2.26. The van der Waals surface area contributed by atoms with Crippen molar-refractivity contribution >= 4 is 0 Å². The molecule has 2 atom stereocenters. The summed E-state index contributed by atoms with van der Waals surface area (Å²) in [6, 6.07) is 1.44. The number of hydrogen-bond donors (Lipinski definition) is 2. The van der Waals surface area contributed by atoms with Crippen LogP contribution in [0.15, 0.2) is 0 Å². The Morgan fingerprint density at radius 1 is 1.00 bits per heavy atom. The second kappa shape index (κ2) is 3.18. The summed E-state index contributed by atoms with van der Waals surface area (Å²) < 4.78 is 0. The van der Waals surface area contributed by atoms with E-state index in [-0.39, 0.29) is 0 Å². The summed E-state index contributed by atoms with van der Waals surface area (Å²) in [6.07, 6.45) is 4.04. The molecule has 0 aromatic heterocycles. The monoisotopic (exact) mass is 128 g/mol. The van der Waals surface area contributed by atoms with Gasteiger partial charge >= 0.3 is 0 Å². The Bertz CT molecular complexity index is 73.0. The summed E-state index contributed by atoms with van der Waals surface area (Å²) in [5.41, 5.74) is 0. The van der Waals surface area contributed by atoms with Crippen molar-refractivity contribution in [2.75, 3.05) is 14.1 Å². The van der Waals surface area contributed by atoms with Gasteiger partial charge in [-0.3, -0.25) is 0 Å². The number of rotatable bonds is 2. The molecule has 54 valence electrons. The first-order valence-corrected chi connectivity index (χ1v) is 3.73. The average Bonchev–Trinajstić information content (AvgIpc) is 2.33. The fraction of sp³-hybridized carbons (Fsp3) is 1.00. The molecule has 2 heteroatoms. The quantitative estimate of drug-likeness (QED) is 0.560. The molecule has 0 aromatic rings. The van der Waals surface area contributed by atoms with Crippen molar-refractivity contribution in [3.8, 4) is 0 Å². The topological polar surface area (TPSA) is 24.1 Å². The van der Waals surface area contributed by atoms with E-state index in [0.717, 1.165) is 12.1 Å². The van der Waals surface area contributed by atoms with Gasteiger partial charge in [-0.05, 0) is 26.9 Å². The maximum absolute atomic E-state index is 3.30. The molecule has 1 fully saturated rings. The van der Waals surface area contributed by atoms with Gasteiger partial charge in [-0.25, -0.2) is 0 Å². The summed E-state index contributed by atoms with van der Waals surface area (Å²) >= 11 is 0. The maximum atomic E-state index is 3.30. The molecule has 1 aliphatic carbocycles. The van der Waals surface area contributed by atoms with Gasteiger partial charge in [-0.1, -0.05) is 6.42 Å². The van der Waals surface area contributed by atoms with Crippen LogP contribution >= 0.6 is 0 Å². The van der Waals surface area contributed by atoms with Crippen LogP contribution in [0.4, 0.5) is 0 Å². The molecule has 0 saturated heterocycles. The highest BCUT2D eigenvalue weighted by Gasteiger charge is 2.23. The van der Waals surface area contributed by atoms with E-state index in [1.807, 2.05) is 14.1 Å². The first-order valence-electron chi connectivity index (χ1n) is 3.73. The van der Waals surface area contributed by atoms with Gasteiger partial charge in [-0.2, -0.15) is 0 Å². The van der Waals surface area contributed by atoms with E-state index in [4.69, 9.17) is 0 Å². The molecule has 2 N–H and O–H groups in total. The molecule has 0 heterocycles. The fourth-order valence-electron chi connectivity index (χ4n) is 1.65. The highest BCUT2D eigenvalue weighted by molar-refractivity contribution is 4.86. The van der Waals surface area contributed by atoms with Crippen molar-refractivity contribution in [3.05, 3.63) is 0 Å². The molecule has 0 aromatic carbocycles. The molecule has 2 nitrogen and oxygen atoms in total. The zero-order valence-electron chi connectivity index (χ0n) is 6.28. The smallest absolute Gasteiger partial charge is 0.0218 e. The SMILES string of the molecule is CNC1CCCC1NC. The molecule has 0 amide bonds. The Balaban J connectivity index is 2.32. The lowest BCUT2D eigenvalue weighted by Crippen LogP contribution is -2.40. The van der Waals surface area contributed by atoms with Crippen LogP contribution in [0, 0.1) is 0 Å². The first kappa shape index (κ1) is 7.03. The van der Waals surface area contributed by atoms with E-state index in [9.17, 15) is 0 Å². The molecule has 0 bridgehead atoms. The van der Waals surface area contributed by atoms with Crippen LogP contribution in [-0.4, -0.2) is 26.2 Å². The predicted octanol–water partition coefficient (Wildman–Crippen LogP) is 0.346. The summed E-state index contributed by atoms with van der Waals surface area (Å²) in [4.78, 5) is 0. The molecule has 0 aliphatic heterocycles.